The second-order valence-corrected chi connectivity index (χ2v) is 6.25. The molecule has 3 heteroatoms. The number of carbonyl (C=O) groups excluding carboxylic acids is 1. The summed E-state index contributed by atoms with van der Waals surface area (Å²) in [6, 6.07) is 0.585. The van der Waals surface area contributed by atoms with Crippen LogP contribution in [-0.2, 0) is 4.79 Å². The summed E-state index contributed by atoms with van der Waals surface area (Å²) in [7, 11) is 0. The summed E-state index contributed by atoms with van der Waals surface area (Å²) in [6.45, 7) is 5.18. The Kier molecular flexibility index (Phi) is 2.89. The van der Waals surface area contributed by atoms with Crippen LogP contribution in [0.4, 0.5) is 0 Å². The van der Waals surface area contributed by atoms with Crippen LogP contribution in [0.5, 0.6) is 0 Å². The van der Waals surface area contributed by atoms with Crippen LogP contribution in [0, 0.1) is 11.3 Å². The Morgan fingerprint density at radius 2 is 2.35 bits per heavy atom. The zero-order valence-electron chi connectivity index (χ0n) is 10.9. The standard InChI is InChI=1S/C14H24N2O/c1-2-5-14(6-7-15-10-14)13(17)16-9-11-3-4-12(16)8-11/h11-12,15H,2-10H2,1H3. The van der Waals surface area contributed by atoms with E-state index in [1.54, 1.807) is 0 Å². The molecule has 0 aromatic heterocycles. The van der Waals surface area contributed by atoms with Gasteiger partial charge in [0, 0.05) is 19.1 Å². The largest absolute Gasteiger partial charge is 0.339 e. The molecule has 0 aromatic carbocycles. The van der Waals surface area contributed by atoms with Crippen LogP contribution < -0.4 is 5.32 Å². The van der Waals surface area contributed by atoms with Gasteiger partial charge in [0.1, 0.15) is 0 Å². The Balaban J connectivity index is 1.75. The Morgan fingerprint density at radius 3 is 2.88 bits per heavy atom. The molecule has 1 aliphatic carbocycles. The van der Waals surface area contributed by atoms with Crippen LogP contribution in [0.2, 0.25) is 0 Å². The van der Waals surface area contributed by atoms with E-state index in [0.29, 0.717) is 11.9 Å². The van der Waals surface area contributed by atoms with Crippen LogP contribution >= 0.6 is 0 Å². The van der Waals surface area contributed by atoms with Crippen molar-refractivity contribution in [3.63, 3.8) is 0 Å². The van der Waals surface area contributed by atoms with Gasteiger partial charge in [-0.3, -0.25) is 4.79 Å². The first-order chi connectivity index (χ1) is 8.25. The van der Waals surface area contributed by atoms with E-state index in [4.69, 9.17) is 0 Å². The molecular weight excluding hydrogens is 212 g/mol. The van der Waals surface area contributed by atoms with Crippen molar-refractivity contribution >= 4 is 5.91 Å². The first-order valence-corrected chi connectivity index (χ1v) is 7.27. The first-order valence-electron chi connectivity index (χ1n) is 7.27. The number of fused-ring (bicyclic) bond motifs is 2. The molecule has 3 nitrogen and oxygen atoms in total. The molecule has 2 heterocycles. The minimum Gasteiger partial charge on any atom is -0.339 e. The quantitative estimate of drug-likeness (QED) is 0.810. The zero-order valence-corrected chi connectivity index (χ0v) is 10.9. The predicted octanol–water partition coefficient (Wildman–Crippen LogP) is 1.78. The van der Waals surface area contributed by atoms with Gasteiger partial charge in [-0.1, -0.05) is 13.3 Å². The van der Waals surface area contributed by atoms with Crippen LogP contribution in [0.15, 0.2) is 0 Å². The number of nitrogens with zero attached hydrogens (tertiary/aromatic N) is 1. The fourth-order valence-corrected chi connectivity index (χ4v) is 4.20. The minimum atomic E-state index is -0.0563. The second kappa shape index (κ2) is 4.27. The number of carbonyl (C=O) groups is 1. The topological polar surface area (TPSA) is 32.3 Å². The third-order valence-electron chi connectivity index (χ3n) is 5.10. The molecule has 17 heavy (non-hydrogen) atoms. The van der Waals surface area contributed by atoms with Crippen LogP contribution in [0.1, 0.15) is 45.4 Å². The summed E-state index contributed by atoms with van der Waals surface area (Å²) in [5.74, 6) is 1.29. The van der Waals surface area contributed by atoms with E-state index in [9.17, 15) is 4.79 Å². The molecule has 2 aliphatic heterocycles. The molecule has 3 atom stereocenters. The van der Waals surface area contributed by atoms with Gasteiger partial charge in [0.05, 0.1) is 5.41 Å². The van der Waals surface area contributed by atoms with Gasteiger partial charge in [-0.25, -0.2) is 0 Å². The van der Waals surface area contributed by atoms with Gasteiger partial charge in [-0.05, 0) is 44.6 Å². The van der Waals surface area contributed by atoms with E-state index >= 15 is 0 Å². The molecule has 3 fully saturated rings. The summed E-state index contributed by atoms with van der Waals surface area (Å²) >= 11 is 0. The zero-order chi connectivity index (χ0) is 11.9. The monoisotopic (exact) mass is 236 g/mol. The molecule has 2 saturated heterocycles. The van der Waals surface area contributed by atoms with Gasteiger partial charge in [0.2, 0.25) is 5.91 Å². The molecule has 2 bridgehead atoms. The highest BCUT2D eigenvalue weighted by molar-refractivity contribution is 5.84. The maximum Gasteiger partial charge on any atom is 0.230 e. The summed E-state index contributed by atoms with van der Waals surface area (Å²) in [5, 5.41) is 3.40. The van der Waals surface area contributed by atoms with Crippen molar-refractivity contribution < 1.29 is 4.79 Å². The molecule has 3 aliphatic rings. The van der Waals surface area contributed by atoms with Gasteiger partial charge >= 0.3 is 0 Å². The van der Waals surface area contributed by atoms with Gasteiger partial charge in [0.15, 0.2) is 0 Å². The molecule has 0 radical (unpaired) electrons. The normalized spacial score (nSPS) is 40.2. The molecule has 1 saturated carbocycles. The van der Waals surface area contributed by atoms with Crippen molar-refractivity contribution in [1.82, 2.24) is 10.2 Å². The van der Waals surface area contributed by atoms with Crippen molar-refractivity contribution in [2.45, 2.75) is 51.5 Å². The second-order valence-electron chi connectivity index (χ2n) is 6.25. The van der Waals surface area contributed by atoms with Crippen molar-refractivity contribution in [2.75, 3.05) is 19.6 Å². The highest BCUT2D eigenvalue weighted by Crippen LogP contribution is 2.42. The van der Waals surface area contributed by atoms with Crippen molar-refractivity contribution in [3.8, 4) is 0 Å². The van der Waals surface area contributed by atoms with Crippen molar-refractivity contribution in [2.24, 2.45) is 11.3 Å². The van der Waals surface area contributed by atoms with E-state index in [2.05, 4.69) is 17.1 Å². The number of nitrogens with one attached hydrogen (secondary N) is 1. The maximum absolute atomic E-state index is 12.8. The minimum absolute atomic E-state index is 0.0563. The van der Waals surface area contributed by atoms with E-state index in [1.165, 1.54) is 19.3 Å². The third-order valence-corrected chi connectivity index (χ3v) is 5.10. The summed E-state index contributed by atoms with van der Waals surface area (Å²) < 4.78 is 0. The maximum atomic E-state index is 12.8. The fraction of sp³-hybridized carbons (Fsp3) is 0.929. The lowest BCUT2D eigenvalue weighted by atomic mass is 9.80. The third kappa shape index (κ3) is 1.79. The summed E-state index contributed by atoms with van der Waals surface area (Å²) in [5.41, 5.74) is -0.0563. The van der Waals surface area contributed by atoms with Gasteiger partial charge < -0.3 is 10.2 Å². The van der Waals surface area contributed by atoms with Gasteiger partial charge in [-0.2, -0.15) is 0 Å². The average molecular weight is 236 g/mol. The van der Waals surface area contributed by atoms with Crippen LogP contribution in [0.25, 0.3) is 0 Å². The highest BCUT2D eigenvalue weighted by atomic mass is 16.2. The van der Waals surface area contributed by atoms with E-state index in [1.807, 2.05) is 0 Å². The molecular formula is C14H24N2O. The summed E-state index contributed by atoms with van der Waals surface area (Å²) in [4.78, 5) is 15.1. The van der Waals surface area contributed by atoms with Crippen molar-refractivity contribution in [3.05, 3.63) is 0 Å². The lowest BCUT2D eigenvalue weighted by Gasteiger charge is -2.36. The molecule has 0 aromatic rings. The lowest BCUT2D eigenvalue weighted by molar-refractivity contribution is -0.143. The molecule has 3 rings (SSSR count). The fourth-order valence-electron chi connectivity index (χ4n) is 4.20. The molecule has 3 unspecified atom stereocenters. The highest BCUT2D eigenvalue weighted by Gasteiger charge is 2.48. The number of likely N-dealkylation sites (tertiary alicyclic amines) is 1. The molecule has 0 spiro atoms. The Morgan fingerprint density at radius 1 is 1.47 bits per heavy atom. The lowest BCUT2D eigenvalue weighted by Crippen LogP contribution is -2.48. The Hall–Kier alpha value is -0.570. The predicted molar refractivity (Wildman–Crippen MR) is 67.7 cm³/mol. The van der Waals surface area contributed by atoms with Crippen molar-refractivity contribution in [1.29, 1.82) is 0 Å². The smallest absolute Gasteiger partial charge is 0.230 e. The van der Waals surface area contributed by atoms with Gasteiger partial charge in [-0.15, -0.1) is 0 Å². The number of piperidine rings is 1. The first kappa shape index (κ1) is 11.5. The van der Waals surface area contributed by atoms with Crippen LogP contribution in [0.3, 0.4) is 0 Å². The SMILES string of the molecule is CCCC1(C(=O)N2CC3CCC2C3)CCNC1. The number of hydrogen-bond donors (Lipinski definition) is 1. The molecule has 96 valence electrons. The van der Waals surface area contributed by atoms with E-state index in [0.717, 1.165) is 44.8 Å². The van der Waals surface area contributed by atoms with E-state index in [-0.39, 0.29) is 5.41 Å². The number of rotatable bonds is 3. The number of amides is 1. The van der Waals surface area contributed by atoms with Gasteiger partial charge in [0.25, 0.3) is 0 Å². The van der Waals surface area contributed by atoms with E-state index < -0.39 is 0 Å². The average Bonchev–Trinajstić information content (AvgIpc) is 3.04. The van der Waals surface area contributed by atoms with Crippen LogP contribution in [-0.4, -0.2) is 36.5 Å². The Labute approximate surface area is 104 Å². The summed E-state index contributed by atoms with van der Waals surface area (Å²) in [6.07, 6.45) is 7.12. The Bertz CT molecular complexity index is 309. The molecule has 1 N–H and O–H groups in total. The molecule has 1 amide bonds. The number of hydrogen-bond acceptors (Lipinski definition) is 2.